The van der Waals surface area contributed by atoms with Gasteiger partial charge >= 0.3 is 0 Å². The minimum Gasteiger partial charge on any atom is -0.389 e. The Labute approximate surface area is 119 Å². The van der Waals surface area contributed by atoms with E-state index in [1.165, 1.54) is 0 Å². The van der Waals surface area contributed by atoms with Crippen LogP contribution in [0, 0.1) is 0 Å². The molecule has 3 nitrogen and oxygen atoms in total. The molecular weight excluding hydrogens is 250 g/mol. The molecule has 0 saturated heterocycles. The van der Waals surface area contributed by atoms with E-state index in [-0.39, 0.29) is 5.91 Å². The summed E-state index contributed by atoms with van der Waals surface area (Å²) in [6.45, 7) is 7.04. The van der Waals surface area contributed by atoms with Crippen molar-refractivity contribution in [1.29, 1.82) is 0 Å². The first-order valence-corrected chi connectivity index (χ1v) is 7.09. The van der Waals surface area contributed by atoms with Crippen LogP contribution < -0.4 is 0 Å². The molecule has 3 heteroatoms. The molecule has 0 aliphatic carbocycles. The number of nitrogens with zero attached hydrogens (tertiary/aromatic N) is 1. The molecule has 106 valence electrons. The molecule has 2 rings (SSSR count). The molecule has 2 aromatic rings. The van der Waals surface area contributed by atoms with Crippen molar-refractivity contribution in [3.8, 4) is 0 Å². The van der Waals surface area contributed by atoms with E-state index in [2.05, 4.69) is 0 Å². The Balaban J connectivity index is 2.67. The normalized spacial score (nSPS) is 12.4. The topological polar surface area (TPSA) is 40.5 Å². The Morgan fingerprint density at radius 3 is 2.30 bits per heavy atom. The number of rotatable bonds is 4. The fraction of sp³-hybridized carbons (Fsp3) is 0.353. The molecule has 1 amide bonds. The molecule has 0 fully saturated rings. The number of amides is 1. The van der Waals surface area contributed by atoms with Crippen LogP contribution in [0.2, 0.25) is 0 Å². The van der Waals surface area contributed by atoms with Gasteiger partial charge in [0.05, 0.1) is 6.10 Å². The minimum atomic E-state index is -0.593. The number of benzene rings is 2. The number of aliphatic hydroxyl groups excluding tert-OH is 1. The van der Waals surface area contributed by atoms with Crippen LogP contribution >= 0.6 is 0 Å². The molecule has 0 heterocycles. The van der Waals surface area contributed by atoms with E-state index >= 15 is 0 Å². The van der Waals surface area contributed by atoms with Crippen molar-refractivity contribution in [2.24, 2.45) is 0 Å². The van der Waals surface area contributed by atoms with Crippen LogP contribution in [0.25, 0.3) is 10.8 Å². The van der Waals surface area contributed by atoms with Gasteiger partial charge in [0.1, 0.15) is 0 Å². The van der Waals surface area contributed by atoms with E-state index in [1.54, 1.807) is 11.8 Å². The molecule has 0 spiro atoms. The summed E-state index contributed by atoms with van der Waals surface area (Å²) in [6.07, 6.45) is -0.593. The van der Waals surface area contributed by atoms with Gasteiger partial charge in [0.25, 0.3) is 5.91 Å². The summed E-state index contributed by atoms with van der Waals surface area (Å²) in [5, 5.41) is 11.8. The fourth-order valence-electron chi connectivity index (χ4n) is 2.58. The van der Waals surface area contributed by atoms with Crippen LogP contribution in [0.4, 0.5) is 0 Å². The molecule has 1 N–H and O–H groups in total. The molecule has 0 saturated carbocycles. The summed E-state index contributed by atoms with van der Waals surface area (Å²) in [5.74, 6) is 0.0219. The smallest absolute Gasteiger partial charge is 0.254 e. The third-order valence-corrected chi connectivity index (χ3v) is 3.67. The molecular formula is C17H21NO2. The first-order valence-electron chi connectivity index (χ1n) is 7.09. The highest BCUT2D eigenvalue weighted by Crippen LogP contribution is 2.28. The molecule has 0 aromatic heterocycles. The van der Waals surface area contributed by atoms with E-state index in [0.717, 1.165) is 16.3 Å². The van der Waals surface area contributed by atoms with Crippen LogP contribution in [0.1, 0.15) is 42.8 Å². The van der Waals surface area contributed by atoms with E-state index in [1.807, 2.05) is 50.2 Å². The summed E-state index contributed by atoms with van der Waals surface area (Å²) >= 11 is 0. The molecule has 0 bridgehead atoms. The Bertz CT molecular complexity index is 610. The highest BCUT2D eigenvalue weighted by Gasteiger charge is 2.18. The summed E-state index contributed by atoms with van der Waals surface area (Å²) in [4.78, 5) is 14.4. The third-order valence-electron chi connectivity index (χ3n) is 3.67. The second-order valence-electron chi connectivity index (χ2n) is 4.90. The Morgan fingerprint density at radius 2 is 1.75 bits per heavy atom. The number of carbonyl (C=O) groups is 1. The third kappa shape index (κ3) is 2.54. The van der Waals surface area contributed by atoms with Crippen LogP contribution in [0.3, 0.4) is 0 Å². The van der Waals surface area contributed by atoms with Crippen LogP contribution in [-0.2, 0) is 0 Å². The second kappa shape index (κ2) is 6.06. The highest BCUT2D eigenvalue weighted by molar-refractivity contribution is 6.08. The molecule has 0 unspecified atom stereocenters. The van der Waals surface area contributed by atoms with Gasteiger partial charge in [-0.3, -0.25) is 4.79 Å². The number of hydrogen-bond acceptors (Lipinski definition) is 2. The maximum absolute atomic E-state index is 12.6. The summed E-state index contributed by atoms with van der Waals surface area (Å²) in [7, 11) is 0. The van der Waals surface area contributed by atoms with Crippen molar-refractivity contribution in [2.45, 2.75) is 26.9 Å². The maximum Gasteiger partial charge on any atom is 0.254 e. The first-order chi connectivity index (χ1) is 9.60. The summed E-state index contributed by atoms with van der Waals surface area (Å²) in [6, 6.07) is 11.5. The fourth-order valence-corrected chi connectivity index (χ4v) is 2.58. The first kappa shape index (κ1) is 14.5. The van der Waals surface area contributed by atoms with Crippen LogP contribution in [0.15, 0.2) is 36.4 Å². The van der Waals surface area contributed by atoms with Crippen molar-refractivity contribution >= 4 is 16.7 Å². The summed E-state index contributed by atoms with van der Waals surface area (Å²) in [5.41, 5.74) is 1.47. The maximum atomic E-state index is 12.6. The average Bonchev–Trinajstić information content (AvgIpc) is 2.46. The molecule has 0 aliphatic heterocycles. The highest BCUT2D eigenvalue weighted by atomic mass is 16.3. The molecule has 1 atom stereocenters. The van der Waals surface area contributed by atoms with Crippen molar-refractivity contribution in [1.82, 2.24) is 4.90 Å². The van der Waals surface area contributed by atoms with Gasteiger partial charge in [-0.15, -0.1) is 0 Å². The standard InChI is InChI=1S/C17H21NO2/c1-4-18(5-2)17(20)15-11-7-9-13-8-6-10-14(12(3)19)16(13)15/h6-12,19H,4-5H2,1-3H3/t12-/m0/s1. The van der Waals surface area contributed by atoms with E-state index in [9.17, 15) is 9.90 Å². The predicted molar refractivity (Wildman–Crippen MR) is 81.8 cm³/mol. The van der Waals surface area contributed by atoms with Gasteiger partial charge in [-0.2, -0.15) is 0 Å². The number of aliphatic hydroxyl groups is 1. The number of hydrogen-bond donors (Lipinski definition) is 1. The van der Waals surface area contributed by atoms with Gasteiger partial charge in [0.2, 0.25) is 0 Å². The SMILES string of the molecule is CCN(CC)C(=O)c1cccc2cccc([C@H](C)O)c12. The molecule has 0 radical (unpaired) electrons. The van der Waals surface area contributed by atoms with Crippen molar-refractivity contribution in [3.05, 3.63) is 47.5 Å². The lowest BCUT2D eigenvalue weighted by Gasteiger charge is -2.21. The predicted octanol–water partition coefficient (Wildman–Crippen LogP) is 3.38. The lowest BCUT2D eigenvalue weighted by Crippen LogP contribution is -2.30. The Morgan fingerprint density at radius 1 is 1.15 bits per heavy atom. The van der Waals surface area contributed by atoms with Crippen molar-refractivity contribution in [2.75, 3.05) is 13.1 Å². The van der Waals surface area contributed by atoms with E-state index in [0.29, 0.717) is 18.7 Å². The van der Waals surface area contributed by atoms with Gasteiger partial charge < -0.3 is 10.0 Å². The zero-order valence-corrected chi connectivity index (χ0v) is 12.3. The zero-order chi connectivity index (χ0) is 14.7. The molecule has 0 aliphatic rings. The van der Waals surface area contributed by atoms with Gasteiger partial charge in [-0.1, -0.05) is 30.3 Å². The Hall–Kier alpha value is -1.87. The largest absolute Gasteiger partial charge is 0.389 e. The molecule has 2 aromatic carbocycles. The van der Waals surface area contributed by atoms with Crippen molar-refractivity contribution < 1.29 is 9.90 Å². The van der Waals surface area contributed by atoms with E-state index in [4.69, 9.17) is 0 Å². The number of fused-ring (bicyclic) bond motifs is 1. The zero-order valence-electron chi connectivity index (χ0n) is 12.3. The molecule has 20 heavy (non-hydrogen) atoms. The lowest BCUT2D eigenvalue weighted by molar-refractivity contribution is 0.0775. The van der Waals surface area contributed by atoms with Gasteiger partial charge in [0, 0.05) is 24.0 Å². The van der Waals surface area contributed by atoms with Gasteiger partial charge in [-0.05, 0) is 37.8 Å². The van der Waals surface area contributed by atoms with Gasteiger partial charge in [-0.25, -0.2) is 0 Å². The van der Waals surface area contributed by atoms with E-state index < -0.39 is 6.10 Å². The Kier molecular flexibility index (Phi) is 4.40. The second-order valence-corrected chi connectivity index (χ2v) is 4.90. The number of carbonyl (C=O) groups excluding carboxylic acids is 1. The van der Waals surface area contributed by atoms with Crippen molar-refractivity contribution in [3.63, 3.8) is 0 Å². The minimum absolute atomic E-state index is 0.0219. The lowest BCUT2D eigenvalue weighted by atomic mass is 9.96. The quantitative estimate of drug-likeness (QED) is 0.926. The monoisotopic (exact) mass is 271 g/mol. The van der Waals surface area contributed by atoms with Crippen LogP contribution in [-0.4, -0.2) is 29.0 Å². The summed E-state index contributed by atoms with van der Waals surface area (Å²) < 4.78 is 0. The average molecular weight is 271 g/mol. The van der Waals surface area contributed by atoms with Crippen LogP contribution in [0.5, 0.6) is 0 Å². The van der Waals surface area contributed by atoms with Gasteiger partial charge in [0.15, 0.2) is 0 Å².